The summed E-state index contributed by atoms with van der Waals surface area (Å²) >= 11 is 0. The van der Waals surface area contributed by atoms with Crippen molar-refractivity contribution in [1.29, 1.82) is 5.26 Å². The molecule has 0 amide bonds. The SMILES string of the molecule is C#CC1CCN(C(C)(C)Cc2ccc(C3C(C#N)CCN3C(C)(C)C)c(C3CC3)c2)C1c1ccccc1C1CC1. The van der Waals surface area contributed by atoms with E-state index in [1.807, 2.05) is 0 Å². The van der Waals surface area contributed by atoms with Crippen LogP contribution in [0.2, 0.25) is 0 Å². The van der Waals surface area contributed by atoms with Crippen molar-refractivity contribution >= 4 is 0 Å². The van der Waals surface area contributed by atoms with E-state index in [-0.39, 0.29) is 35.0 Å². The van der Waals surface area contributed by atoms with Crippen LogP contribution in [0.15, 0.2) is 42.5 Å². The number of benzene rings is 2. The molecule has 2 heterocycles. The lowest BCUT2D eigenvalue weighted by Crippen LogP contribution is -2.46. The minimum Gasteiger partial charge on any atom is -0.290 e. The number of terminal acetylenes is 1. The van der Waals surface area contributed by atoms with Crippen LogP contribution < -0.4 is 0 Å². The van der Waals surface area contributed by atoms with Gasteiger partial charge < -0.3 is 0 Å². The molecule has 3 nitrogen and oxygen atoms in total. The molecule has 0 N–H and O–H groups in total. The summed E-state index contributed by atoms with van der Waals surface area (Å²) in [5.41, 5.74) is 7.37. The molecular weight excluding hydrogens is 486 g/mol. The summed E-state index contributed by atoms with van der Waals surface area (Å²) in [5.74, 6) is 4.88. The van der Waals surface area contributed by atoms with E-state index in [9.17, 15) is 5.26 Å². The minimum absolute atomic E-state index is 0.0186. The molecule has 2 saturated heterocycles. The predicted molar refractivity (Wildman–Crippen MR) is 164 cm³/mol. The summed E-state index contributed by atoms with van der Waals surface area (Å²) in [6, 6.07) is 19.6. The fourth-order valence-corrected chi connectivity index (χ4v) is 7.99. The van der Waals surface area contributed by atoms with Gasteiger partial charge in [0.1, 0.15) is 0 Å². The molecule has 2 aliphatic heterocycles. The fraction of sp³-hybridized carbons (Fsp3) is 0.595. The Kier molecular flexibility index (Phi) is 7.14. The van der Waals surface area contributed by atoms with E-state index < -0.39 is 0 Å². The van der Waals surface area contributed by atoms with Crippen LogP contribution >= 0.6 is 0 Å². The monoisotopic (exact) mass is 533 g/mol. The molecule has 0 radical (unpaired) electrons. The van der Waals surface area contributed by atoms with Crippen LogP contribution in [0.5, 0.6) is 0 Å². The first-order valence-corrected chi connectivity index (χ1v) is 15.7. The van der Waals surface area contributed by atoms with E-state index in [0.29, 0.717) is 11.8 Å². The van der Waals surface area contributed by atoms with Crippen molar-refractivity contribution in [2.24, 2.45) is 11.8 Å². The van der Waals surface area contributed by atoms with Gasteiger partial charge in [0, 0.05) is 36.1 Å². The van der Waals surface area contributed by atoms with Crippen molar-refractivity contribution in [2.45, 2.75) is 115 Å². The summed E-state index contributed by atoms with van der Waals surface area (Å²) in [7, 11) is 0. The topological polar surface area (TPSA) is 30.3 Å². The summed E-state index contributed by atoms with van der Waals surface area (Å²) < 4.78 is 0. The molecule has 4 atom stereocenters. The highest BCUT2D eigenvalue weighted by atomic mass is 15.2. The maximum absolute atomic E-state index is 10.1. The number of hydrogen-bond acceptors (Lipinski definition) is 3. The first kappa shape index (κ1) is 27.6. The standard InChI is InChI=1S/C37H47N3/c1-7-26-18-21-40(34(26)31-11-9-8-10-30(31)27-13-14-27)37(5,6)23-25-12-17-32(33(22-25)28-15-16-28)35-29(24-38)19-20-39(35)36(2,3)4/h1,8-12,17,22,26-29,34-35H,13-16,18-21,23H2,2-6H3. The van der Waals surface area contributed by atoms with Gasteiger partial charge in [0.05, 0.1) is 18.0 Å². The number of hydrogen-bond donors (Lipinski definition) is 0. The van der Waals surface area contributed by atoms with E-state index in [1.165, 1.54) is 53.5 Å². The van der Waals surface area contributed by atoms with Gasteiger partial charge in [-0.15, -0.1) is 12.3 Å². The number of likely N-dealkylation sites (tertiary alicyclic amines) is 2. The lowest BCUT2D eigenvalue weighted by molar-refractivity contribution is 0.0976. The van der Waals surface area contributed by atoms with Gasteiger partial charge in [0.2, 0.25) is 0 Å². The largest absolute Gasteiger partial charge is 0.290 e. The van der Waals surface area contributed by atoms with Crippen LogP contribution in [-0.4, -0.2) is 34.0 Å². The smallest absolute Gasteiger partial charge is 0.0676 e. The third kappa shape index (κ3) is 5.13. The van der Waals surface area contributed by atoms with Crippen molar-refractivity contribution in [3.8, 4) is 18.4 Å². The quantitative estimate of drug-likeness (QED) is 0.337. The van der Waals surface area contributed by atoms with Crippen LogP contribution in [-0.2, 0) is 6.42 Å². The third-order valence-electron chi connectivity index (χ3n) is 10.3. The van der Waals surface area contributed by atoms with Crippen molar-refractivity contribution in [2.75, 3.05) is 13.1 Å². The van der Waals surface area contributed by atoms with Gasteiger partial charge in [0.25, 0.3) is 0 Å². The molecule has 0 bridgehead atoms. The average molecular weight is 534 g/mol. The molecule has 3 heteroatoms. The first-order chi connectivity index (χ1) is 19.1. The lowest BCUT2D eigenvalue weighted by Gasteiger charge is -2.42. The van der Waals surface area contributed by atoms with Crippen LogP contribution in [0.4, 0.5) is 0 Å². The Hall–Kier alpha value is -2.59. The molecule has 40 heavy (non-hydrogen) atoms. The van der Waals surface area contributed by atoms with Gasteiger partial charge in [-0.25, -0.2) is 0 Å². The summed E-state index contributed by atoms with van der Waals surface area (Å²) in [5, 5.41) is 10.1. The average Bonchev–Trinajstić information content (AvgIpc) is 3.85. The highest BCUT2D eigenvalue weighted by Crippen LogP contribution is 2.51. The molecule has 4 unspecified atom stereocenters. The Morgan fingerprint density at radius 3 is 1.95 bits per heavy atom. The molecule has 0 spiro atoms. The maximum Gasteiger partial charge on any atom is 0.0676 e. The predicted octanol–water partition coefficient (Wildman–Crippen LogP) is 8.14. The number of nitriles is 1. The van der Waals surface area contributed by atoms with E-state index in [0.717, 1.165) is 32.4 Å². The van der Waals surface area contributed by atoms with E-state index in [2.05, 4.69) is 98.9 Å². The lowest BCUT2D eigenvalue weighted by atomic mass is 9.83. The summed E-state index contributed by atoms with van der Waals surface area (Å²) in [4.78, 5) is 5.31. The molecule has 6 rings (SSSR count). The first-order valence-electron chi connectivity index (χ1n) is 15.7. The molecule has 2 saturated carbocycles. The molecule has 4 fully saturated rings. The molecule has 210 valence electrons. The zero-order valence-corrected chi connectivity index (χ0v) is 25.3. The van der Waals surface area contributed by atoms with Crippen LogP contribution in [0.25, 0.3) is 0 Å². The number of rotatable bonds is 7. The van der Waals surface area contributed by atoms with Gasteiger partial charge in [-0.2, -0.15) is 5.26 Å². The van der Waals surface area contributed by atoms with Gasteiger partial charge in [-0.3, -0.25) is 9.80 Å². The van der Waals surface area contributed by atoms with Crippen molar-refractivity contribution in [1.82, 2.24) is 9.80 Å². The highest BCUT2D eigenvalue weighted by Gasteiger charge is 2.45. The second-order valence-corrected chi connectivity index (χ2v) is 14.7. The summed E-state index contributed by atoms with van der Waals surface area (Å²) in [6.45, 7) is 13.8. The van der Waals surface area contributed by atoms with Crippen LogP contribution in [0.3, 0.4) is 0 Å². The second-order valence-electron chi connectivity index (χ2n) is 14.7. The van der Waals surface area contributed by atoms with E-state index >= 15 is 0 Å². The van der Waals surface area contributed by atoms with Gasteiger partial charge >= 0.3 is 0 Å². The van der Waals surface area contributed by atoms with Crippen molar-refractivity contribution in [3.63, 3.8) is 0 Å². The van der Waals surface area contributed by atoms with Gasteiger partial charge in [0.15, 0.2) is 0 Å². The van der Waals surface area contributed by atoms with Crippen molar-refractivity contribution < 1.29 is 0 Å². The van der Waals surface area contributed by atoms with Crippen molar-refractivity contribution in [3.05, 3.63) is 70.3 Å². The maximum atomic E-state index is 10.1. The Morgan fingerprint density at radius 2 is 1.32 bits per heavy atom. The Morgan fingerprint density at radius 1 is 0.750 bits per heavy atom. The Bertz CT molecular complexity index is 1330. The minimum atomic E-state index is -0.0186. The van der Waals surface area contributed by atoms with Gasteiger partial charge in [-0.1, -0.05) is 42.5 Å². The molecule has 2 aromatic carbocycles. The van der Waals surface area contributed by atoms with Gasteiger partial charge in [-0.05, 0) is 119 Å². The van der Waals surface area contributed by atoms with E-state index in [1.54, 1.807) is 0 Å². The molecule has 0 aromatic heterocycles. The Labute approximate surface area is 243 Å². The van der Waals surface area contributed by atoms with E-state index in [4.69, 9.17) is 6.42 Å². The Balaban J connectivity index is 1.31. The highest BCUT2D eigenvalue weighted by molar-refractivity contribution is 5.42. The zero-order valence-electron chi connectivity index (χ0n) is 25.3. The van der Waals surface area contributed by atoms with Crippen LogP contribution in [0.1, 0.15) is 125 Å². The summed E-state index contributed by atoms with van der Waals surface area (Å²) in [6.07, 6.45) is 14.4. The molecule has 2 aliphatic carbocycles. The van der Waals surface area contributed by atoms with Crippen LogP contribution in [0, 0.1) is 35.5 Å². The molecule has 4 aliphatic rings. The zero-order chi connectivity index (χ0) is 28.2. The molecular formula is C37H47N3. The molecule has 2 aromatic rings. The third-order valence-corrected chi connectivity index (χ3v) is 10.3. The fourth-order valence-electron chi connectivity index (χ4n) is 7.99. The normalized spacial score (nSPS) is 28.0. The number of nitrogens with zero attached hydrogens (tertiary/aromatic N) is 3. The second kappa shape index (κ2) is 10.4.